The molecule has 1 fully saturated rings. The average molecular weight is 317 g/mol. The molecule has 1 aromatic carbocycles. The largest absolute Gasteiger partial charge is 0.229 e. The molecule has 0 saturated carbocycles. The van der Waals surface area contributed by atoms with E-state index >= 15 is 0 Å². The Morgan fingerprint density at radius 3 is 2.71 bits per heavy atom. The molecule has 4 heteroatoms. The summed E-state index contributed by atoms with van der Waals surface area (Å²) in [5, 5.41) is 0. The molecule has 0 amide bonds. The van der Waals surface area contributed by atoms with Crippen molar-refractivity contribution in [2.45, 2.75) is 24.6 Å². The van der Waals surface area contributed by atoms with E-state index in [2.05, 4.69) is 35.0 Å². The smallest absolute Gasteiger partial charge is 0.150 e. The molecular weight excluding hydrogens is 300 g/mol. The van der Waals surface area contributed by atoms with Crippen molar-refractivity contribution >= 4 is 25.8 Å². The van der Waals surface area contributed by atoms with Gasteiger partial charge in [0, 0.05) is 4.83 Å². The van der Waals surface area contributed by atoms with Crippen molar-refractivity contribution in [3.63, 3.8) is 0 Å². The van der Waals surface area contributed by atoms with Crippen LogP contribution in [0.4, 0.5) is 0 Å². The molecule has 2 unspecified atom stereocenters. The van der Waals surface area contributed by atoms with E-state index in [0.29, 0.717) is 11.5 Å². The molecule has 1 aliphatic heterocycles. The summed E-state index contributed by atoms with van der Waals surface area (Å²) in [6.07, 6.45) is 1.76. The third kappa shape index (κ3) is 2.91. The van der Waals surface area contributed by atoms with Crippen molar-refractivity contribution in [3.8, 4) is 0 Å². The third-order valence-electron chi connectivity index (χ3n) is 3.41. The van der Waals surface area contributed by atoms with Gasteiger partial charge in [-0.3, -0.25) is 0 Å². The number of hydrogen-bond donors (Lipinski definition) is 0. The van der Waals surface area contributed by atoms with Gasteiger partial charge in [0.05, 0.1) is 11.5 Å². The van der Waals surface area contributed by atoms with Gasteiger partial charge in [-0.1, -0.05) is 47.1 Å². The summed E-state index contributed by atoms with van der Waals surface area (Å²) < 4.78 is 23.0. The molecule has 2 atom stereocenters. The Hall–Kier alpha value is -0.350. The molecule has 1 saturated heterocycles. The first-order valence-corrected chi connectivity index (χ1v) is 8.69. The zero-order valence-corrected chi connectivity index (χ0v) is 12.3. The molecule has 0 aromatic heterocycles. The van der Waals surface area contributed by atoms with Crippen molar-refractivity contribution in [2.75, 3.05) is 11.5 Å². The van der Waals surface area contributed by atoms with Gasteiger partial charge in [-0.25, -0.2) is 8.42 Å². The maximum absolute atomic E-state index is 11.5. The summed E-state index contributed by atoms with van der Waals surface area (Å²) >= 11 is 3.69. The Balaban J connectivity index is 2.23. The number of halogens is 1. The molecule has 0 aliphatic carbocycles. The van der Waals surface area contributed by atoms with E-state index in [9.17, 15) is 8.42 Å². The van der Waals surface area contributed by atoms with Crippen LogP contribution in [0.1, 0.15) is 29.3 Å². The summed E-state index contributed by atoms with van der Waals surface area (Å²) in [6, 6.07) is 8.27. The average Bonchev–Trinajstić information content (AvgIpc) is 2.68. The SMILES string of the molecule is CCc1ccccc1C(Br)C1CCS(=O)(=O)C1. The summed E-state index contributed by atoms with van der Waals surface area (Å²) in [4.78, 5) is 0.163. The Morgan fingerprint density at radius 1 is 1.41 bits per heavy atom. The highest BCUT2D eigenvalue weighted by atomic mass is 79.9. The van der Waals surface area contributed by atoms with Crippen molar-refractivity contribution in [3.05, 3.63) is 35.4 Å². The second-order valence-electron chi connectivity index (χ2n) is 4.62. The lowest BCUT2D eigenvalue weighted by Gasteiger charge is -2.19. The predicted molar refractivity (Wildman–Crippen MR) is 74.2 cm³/mol. The monoisotopic (exact) mass is 316 g/mol. The highest BCUT2D eigenvalue weighted by molar-refractivity contribution is 9.09. The number of alkyl halides is 1. The van der Waals surface area contributed by atoms with Gasteiger partial charge < -0.3 is 0 Å². The highest BCUT2D eigenvalue weighted by Crippen LogP contribution is 2.39. The Morgan fingerprint density at radius 2 is 2.12 bits per heavy atom. The first kappa shape index (κ1) is 13.1. The number of aryl methyl sites for hydroxylation is 1. The number of sulfone groups is 1. The van der Waals surface area contributed by atoms with Gasteiger partial charge in [-0.15, -0.1) is 0 Å². The molecule has 1 heterocycles. The topological polar surface area (TPSA) is 34.1 Å². The van der Waals surface area contributed by atoms with E-state index in [-0.39, 0.29) is 10.7 Å². The first-order valence-electron chi connectivity index (χ1n) is 5.96. The Labute approximate surface area is 111 Å². The van der Waals surface area contributed by atoms with Gasteiger partial charge in [0.15, 0.2) is 9.84 Å². The van der Waals surface area contributed by atoms with Gasteiger partial charge in [-0.2, -0.15) is 0 Å². The molecule has 1 aromatic rings. The Bertz CT molecular complexity index is 496. The molecular formula is C13H17BrO2S. The van der Waals surface area contributed by atoms with Crippen LogP contribution in [0.25, 0.3) is 0 Å². The molecule has 2 nitrogen and oxygen atoms in total. The van der Waals surface area contributed by atoms with E-state index in [1.54, 1.807) is 0 Å². The molecule has 0 spiro atoms. The van der Waals surface area contributed by atoms with E-state index in [1.807, 2.05) is 12.1 Å². The predicted octanol–water partition coefficient (Wildman–Crippen LogP) is 3.12. The molecule has 0 radical (unpaired) electrons. The van der Waals surface area contributed by atoms with E-state index in [4.69, 9.17) is 0 Å². The van der Waals surface area contributed by atoms with Crippen LogP contribution in [-0.4, -0.2) is 19.9 Å². The fourth-order valence-electron chi connectivity index (χ4n) is 2.43. The zero-order valence-electron chi connectivity index (χ0n) is 9.90. The summed E-state index contributed by atoms with van der Waals surface area (Å²) in [7, 11) is -2.80. The second-order valence-corrected chi connectivity index (χ2v) is 7.83. The van der Waals surface area contributed by atoms with Gasteiger partial charge >= 0.3 is 0 Å². The quantitative estimate of drug-likeness (QED) is 0.803. The second kappa shape index (κ2) is 5.11. The molecule has 0 N–H and O–H groups in total. The van der Waals surface area contributed by atoms with Crippen molar-refractivity contribution in [1.82, 2.24) is 0 Å². The van der Waals surface area contributed by atoms with Crippen LogP contribution in [0.5, 0.6) is 0 Å². The van der Waals surface area contributed by atoms with E-state index < -0.39 is 9.84 Å². The lowest BCUT2D eigenvalue weighted by atomic mass is 9.94. The van der Waals surface area contributed by atoms with E-state index in [1.165, 1.54) is 11.1 Å². The van der Waals surface area contributed by atoms with Crippen molar-refractivity contribution < 1.29 is 8.42 Å². The fraction of sp³-hybridized carbons (Fsp3) is 0.538. The minimum absolute atomic E-state index is 0.163. The maximum atomic E-state index is 11.5. The maximum Gasteiger partial charge on any atom is 0.150 e. The van der Waals surface area contributed by atoms with Crippen LogP contribution in [0.15, 0.2) is 24.3 Å². The number of hydrogen-bond acceptors (Lipinski definition) is 2. The van der Waals surface area contributed by atoms with E-state index in [0.717, 1.165) is 12.8 Å². The van der Waals surface area contributed by atoms with Crippen molar-refractivity contribution in [2.24, 2.45) is 5.92 Å². The highest BCUT2D eigenvalue weighted by Gasteiger charge is 2.33. The Kier molecular flexibility index (Phi) is 3.93. The van der Waals surface area contributed by atoms with Crippen LogP contribution in [0.3, 0.4) is 0 Å². The molecule has 17 heavy (non-hydrogen) atoms. The van der Waals surface area contributed by atoms with Gasteiger partial charge in [0.25, 0.3) is 0 Å². The lowest BCUT2D eigenvalue weighted by molar-refractivity contribution is 0.578. The fourth-order valence-corrected chi connectivity index (χ4v) is 5.42. The molecule has 94 valence electrons. The first-order chi connectivity index (χ1) is 8.03. The van der Waals surface area contributed by atoms with Crippen LogP contribution in [0, 0.1) is 5.92 Å². The normalized spacial score (nSPS) is 24.7. The van der Waals surface area contributed by atoms with Crippen molar-refractivity contribution in [1.29, 1.82) is 0 Å². The van der Waals surface area contributed by atoms with Gasteiger partial charge in [0.1, 0.15) is 0 Å². The number of benzene rings is 1. The van der Waals surface area contributed by atoms with Crippen LogP contribution in [-0.2, 0) is 16.3 Å². The third-order valence-corrected chi connectivity index (χ3v) is 6.45. The summed E-state index contributed by atoms with van der Waals surface area (Å²) in [6.45, 7) is 2.13. The molecule has 1 aliphatic rings. The zero-order chi connectivity index (χ0) is 12.5. The molecule has 2 rings (SSSR count). The van der Waals surface area contributed by atoms with Gasteiger partial charge in [-0.05, 0) is 29.9 Å². The van der Waals surface area contributed by atoms with Crippen LogP contribution >= 0.6 is 15.9 Å². The summed E-state index contributed by atoms with van der Waals surface area (Å²) in [5.41, 5.74) is 2.55. The van der Waals surface area contributed by atoms with Crippen LogP contribution in [0.2, 0.25) is 0 Å². The minimum atomic E-state index is -2.80. The number of rotatable bonds is 3. The lowest BCUT2D eigenvalue weighted by Crippen LogP contribution is -2.11. The van der Waals surface area contributed by atoms with Crippen LogP contribution < -0.4 is 0 Å². The standard InChI is InChI=1S/C13H17BrO2S/c1-2-10-5-3-4-6-12(10)13(14)11-7-8-17(15,16)9-11/h3-6,11,13H,2,7-9H2,1H3. The van der Waals surface area contributed by atoms with Gasteiger partial charge in [0.2, 0.25) is 0 Å². The summed E-state index contributed by atoms with van der Waals surface area (Å²) in [5.74, 6) is 0.877. The molecule has 0 bridgehead atoms. The minimum Gasteiger partial charge on any atom is -0.229 e.